The lowest BCUT2D eigenvalue weighted by atomic mass is 10.0. The molecule has 0 bridgehead atoms. The average molecular weight is 221 g/mol. The summed E-state index contributed by atoms with van der Waals surface area (Å²) in [6.07, 6.45) is 0.393. The standard InChI is InChI=1S/C12H15NO3/c13-10(6-7-12(15)16)11(14)8-9-4-2-1-3-5-9/h1-5,10H,6-8,13H2,(H,15,16)/t10-/m0/s1. The molecule has 4 nitrogen and oxygen atoms in total. The molecule has 0 aliphatic carbocycles. The Morgan fingerprint density at radius 3 is 2.44 bits per heavy atom. The summed E-state index contributed by atoms with van der Waals surface area (Å²) in [4.78, 5) is 21.9. The lowest BCUT2D eigenvalue weighted by molar-refractivity contribution is -0.137. The van der Waals surface area contributed by atoms with Crippen LogP contribution in [0.25, 0.3) is 0 Å². The van der Waals surface area contributed by atoms with Crippen LogP contribution < -0.4 is 5.73 Å². The zero-order chi connectivity index (χ0) is 12.0. The third-order valence-electron chi connectivity index (χ3n) is 2.30. The molecule has 0 aliphatic rings. The van der Waals surface area contributed by atoms with Crippen LogP contribution in [0.15, 0.2) is 30.3 Å². The minimum absolute atomic E-state index is 0.0678. The summed E-state index contributed by atoms with van der Waals surface area (Å²) >= 11 is 0. The molecule has 1 rings (SSSR count). The molecule has 0 amide bonds. The number of carboxylic acids is 1. The normalized spacial score (nSPS) is 12.1. The fourth-order valence-electron chi connectivity index (χ4n) is 1.37. The van der Waals surface area contributed by atoms with Crippen molar-refractivity contribution in [3.05, 3.63) is 35.9 Å². The van der Waals surface area contributed by atoms with E-state index in [1.165, 1.54) is 0 Å². The highest BCUT2D eigenvalue weighted by Gasteiger charge is 2.14. The highest BCUT2D eigenvalue weighted by molar-refractivity contribution is 5.86. The molecule has 0 aromatic heterocycles. The number of aliphatic carboxylic acids is 1. The number of carbonyl (C=O) groups excluding carboxylic acids is 1. The Balaban J connectivity index is 2.43. The van der Waals surface area contributed by atoms with Crippen molar-refractivity contribution in [3.8, 4) is 0 Å². The van der Waals surface area contributed by atoms with E-state index in [2.05, 4.69) is 0 Å². The van der Waals surface area contributed by atoms with Crippen molar-refractivity contribution in [1.82, 2.24) is 0 Å². The molecular weight excluding hydrogens is 206 g/mol. The number of nitrogens with two attached hydrogens (primary N) is 1. The van der Waals surface area contributed by atoms with E-state index >= 15 is 0 Å². The van der Waals surface area contributed by atoms with Crippen LogP contribution in [0.2, 0.25) is 0 Å². The fraction of sp³-hybridized carbons (Fsp3) is 0.333. The van der Waals surface area contributed by atoms with Gasteiger partial charge in [0.2, 0.25) is 0 Å². The van der Waals surface area contributed by atoms with E-state index in [4.69, 9.17) is 10.8 Å². The minimum atomic E-state index is -0.928. The summed E-state index contributed by atoms with van der Waals surface area (Å²) in [5.41, 5.74) is 6.50. The maximum absolute atomic E-state index is 11.6. The molecule has 16 heavy (non-hydrogen) atoms. The lowest BCUT2D eigenvalue weighted by Crippen LogP contribution is -2.32. The molecule has 0 fully saturated rings. The summed E-state index contributed by atoms with van der Waals surface area (Å²) < 4.78 is 0. The van der Waals surface area contributed by atoms with E-state index in [9.17, 15) is 9.59 Å². The van der Waals surface area contributed by atoms with Crippen LogP contribution in [0.1, 0.15) is 18.4 Å². The van der Waals surface area contributed by atoms with E-state index in [1.54, 1.807) is 0 Å². The van der Waals surface area contributed by atoms with Crippen molar-refractivity contribution in [3.63, 3.8) is 0 Å². The predicted molar refractivity (Wildman–Crippen MR) is 60.0 cm³/mol. The third kappa shape index (κ3) is 4.23. The van der Waals surface area contributed by atoms with Crippen molar-refractivity contribution in [2.24, 2.45) is 5.73 Å². The zero-order valence-corrected chi connectivity index (χ0v) is 8.93. The second-order valence-corrected chi connectivity index (χ2v) is 3.67. The minimum Gasteiger partial charge on any atom is -0.481 e. The van der Waals surface area contributed by atoms with Gasteiger partial charge in [-0.25, -0.2) is 0 Å². The summed E-state index contributed by atoms with van der Waals surface area (Å²) in [6, 6.07) is 8.59. The van der Waals surface area contributed by atoms with Crippen LogP contribution in [-0.4, -0.2) is 22.9 Å². The van der Waals surface area contributed by atoms with Gasteiger partial charge in [-0.1, -0.05) is 30.3 Å². The maximum Gasteiger partial charge on any atom is 0.303 e. The maximum atomic E-state index is 11.6. The Morgan fingerprint density at radius 2 is 1.88 bits per heavy atom. The van der Waals surface area contributed by atoms with Crippen LogP contribution in [0.5, 0.6) is 0 Å². The number of carbonyl (C=O) groups is 2. The largest absolute Gasteiger partial charge is 0.481 e. The van der Waals surface area contributed by atoms with Gasteiger partial charge in [0.25, 0.3) is 0 Å². The van der Waals surface area contributed by atoms with E-state index in [1.807, 2.05) is 30.3 Å². The van der Waals surface area contributed by atoms with Crippen molar-refractivity contribution in [2.45, 2.75) is 25.3 Å². The average Bonchev–Trinajstić information content (AvgIpc) is 2.27. The van der Waals surface area contributed by atoms with Crippen molar-refractivity contribution < 1.29 is 14.7 Å². The number of hydrogen-bond acceptors (Lipinski definition) is 3. The molecule has 0 unspecified atom stereocenters. The monoisotopic (exact) mass is 221 g/mol. The summed E-state index contributed by atoms with van der Waals surface area (Å²) in [5, 5.41) is 8.47. The highest BCUT2D eigenvalue weighted by atomic mass is 16.4. The SMILES string of the molecule is N[C@@H](CCC(=O)O)C(=O)Cc1ccccc1. The number of rotatable bonds is 6. The van der Waals surface area contributed by atoms with Crippen molar-refractivity contribution in [1.29, 1.82) is 0 Å². The summed E-state index contributed by atoms with van der Waals surface area (Å²) in [5.74, 6) is -1.05. The van der Waals surface area contributed by atoms with Crippen molar-refractivity contribution in [2.75, 3.05) is 0 Å². The molecule has 86 valence electrons. The van der Waals surface area contributed by atoms with Crippen LogP contribution in [0.3, 0.4) is 0 Å². The molecule has 0 spiro atoms. The number of carboxylic acid groups (broad SMARTS) is 1. The molecule has 0 saturated heterocycles. The molecule has 3 N–H and O–H groups in total. The molecule has 0 aliphatic heterocycles. The Kier molecular flexibility index (Phi) is 4.66. The highest BCUT2D eigenvalue weighted by Crippen LogP contribution is 2.04. The first-order chi connectivity index (χ1) is 7.59. The molecule has 0 saturated carbocycles. The van der Waals surface area contributed by atoms with Gasteiger partial charge in [-0.3, -0.25) is 9.59 Å². The van der Waals surface area contributed by atoms with E-state index < -0.39 is 12.0 Å². The Hall–Kier alpha value is -1.68. The van der Waals surface area contributed by atoms with E-state index in [0.717, 1.165) is 5.56 Å². The first kappa shape index (κ1) is 12.4. The van der Waals surface area contributed by atoms with Gasteiger partial charge < -0.3 is 10.8 Å². The van der Waals surface area contributed by atoms with Gasteiger partial charge >= 0.3 is 5.97 Å². The van der Waals surface area contributed by atoms with Gasteiger partial charge in [0.1, 0.15) is 0 Å². The summed E-state index contributed by atoms with van der Waals surface area (Å²) in [6.45, 7) is 0. The van der Waals surface area contributed by atoms with E-state index in [-0.39, 0.29) is 25.0 Å². The molecule has 4 heteroatoms. The van der Waals surface area contributed by atoms with Gasteiger partial charge in [-0.15, -0.1) is 0 Å². The quantitative estimate of drug-likeness (QED) is 0.750. The number of Topliss-reactive ketones (excluding diaryl/α,β-unsaturated/α-hetero) is 1. The Bertz CT molecular complexity index is 362. The topological polar surface area (TPSA) is 80.4 Å². The Morgan fingerprint density at radius 1 is 1.25 bits per heavy atom. The number of ketones is 1. The van der Waals surface area contributed by atoms with Gasteiger partial charge in [0.15, 0.2) is 5.78 Å². The molecule has 0 heterocycles. The summed E-state index contributed by atoms with van der Waals surface area (Å²) in [7, 11) is 0. The van der Waals surface area contributed by atoms with Gasteiger partial charge in [-0.2, -0.15) is 0 Å². The molecule has 1 aromatic carbocycles. The molecule has 0 radical (unpaired) electrons. The van der Waals surface area contributed by atoms with Crippen LogP contribution in [-0.2, 0) is 16.0 Å². The first-order valence-corrected chi connectivity index (χ1v) is 5.13. The van der Waals surface area contributed by atoms with Crippen LogP contribution in [0, 0.1) is 0 Å². The first-order valence-electron chi connectivity index (χ1n) is 5.13. The van der Waals surface area contributed by atoms with Gasteiger partial charge in [0, 0.05) is 12.8 Å². The van der Waals surface area contributed by atoms with Crippen LogP contribution >= 0.6 is 0 Å². The van der Waals surface area contributed by atoms with Gasteiger partial charge in [-0.05, 0) is 12.0 Å². The molecule has 1 atom stereocenters. The second kappa shape index (κ2) is 6.02. The Labute approximate surface area is 94.1 Å². The van der Waals surface area contributed by atoms with E-state index in [0.29, 0.717) is 0 Å². The second-order valence-electron chi connectivity index (χ2n) is 3.67. The number of hydrogen-bond donors (Lipinski definition) is 2. The zero-order valence-electron chi connectivity index (χ0n) is 8.93. The van der Waals surface area contributed by atoms with Gasteiger partial charge in [0.05, 0.1) is 6.04 Å². The molecule has 1 aromatic rings. The third-order valence-corrected chi connectivity index (χ3v) is 2.30. The number of benzene rings is 1. The lowest BCUT2D eigenvalue weighted by Gasteiger charge is -2.08. The van der Waals surface area contributed by atoms with Crippen LogP contribution in [0.4, 0.5) is 0 Å². The predicted octanol–water partition coefficient (Wildman–Crippen LogP) is 0.990. The van der Waals surface area contributed by atoms with Crippen molar-refractivity contribution >= 4 is 11.8 Å². The smallest absolute Gasteiger partial charge is 0.303 e. The molecular formula is C12H15NO3. The fourth-order valence-corrected chi connectivity index (χ4v) is 1.37.